The summed E-state index contributed by atoms with van der Waals surface area (Å²) in [5, 5.41) is 5.78. The fourth-order valence-electron chi connectivity index (χ4n) is 2.50. The highest BCUT2D eigenvalue weighted by molar-refractivity contribution is 5.95. The Morgan fingerprint density at radius 3 is 2.75 bits per heavy atom. The van der Waals surface area contributed by atoms with E-state index in [-0.39, 0.29) is 11.9 Å². The highest BCUT2D eigenvalue weighted by Gasteiger charge is 2.17. The number of nitrogens with zero attached hydrogens (tertiary/aromatic N) is 2. The van der Waals surface area contributed by atoms with Crippen molar-refractivity contribution in [2.45, 2.75) is 12.8 Å². The van der Waals surface area contributed by atoms with Crippen molar-refractivity contribution in [3.63, 3.8) is 0 Å². The van der Waals surface area contributed by atoms with Crippen LogP contribution in [0.2, 0.25) is 0 Å². The quantitative estimate of drug-likeness (QED) is 0.794. The Morgan fingerprint density at radius 2 is 2.04 bits per heavy atom. The molecule has 0 bridgehead atoms. The molecule has 0 saturated carbocycles. The number of hydrogen-bond acceptors (Lipinski definition) is 4. The summed E-state index contributed by atoms with van der Waals surface area (Å²) in [7, 11) is 5.58. The number of amides is 3. The van der Waals surface area contributed by atoms with E-state index in [4.69, 9.17) is 4.74 Å². The summed E-state index contributed by atoms with van der Waals surface area (Å²) in [6.45, 7) is 2.45. The average Bonchev–Trinajstić information content (AvgIpc) is 2.54. The third kappa shape index (κ3) is 5.21. The molecule has 132 valence electrons. The normalized spacial score (nSPS) is 13.4. The minimum atomic E-state index is -0.145. The van der Waals surface area contributed by atoms with Crippen molar-refractivity contribution in [2.24, 2.45) is 0 Å². The van der Waals surface area contributed by atoms with Crippen molar-refractivity contribution < 1.29 is 14.3 Å². The molecule has 3 amide bonds. The number of anilines is 2. The molecule has 0 saturated heterocycles. The highest BCUT2D eigenvalue weighted by atomic mass is 16.5. The molecule has 0 spiro atoms. The third-order valence-electron chi connectivity index (χ3n) is 3.92. The van der Waals surface area contributed by atoms with E-state index in [0.717, 1.165) is 23.5 Å². The summed E-state index contributed by atoms with van der Waals surface area (Å²) >= 11 is 0. The molecule has 7 nitrogen and oxygen atoms in total. The molecular weight excluding hydrogens is 308 g/mol. The van der Waals surface area contributed by atoms with Gasteiger partial charge < -0.3 is 25.2 Å². The molecule has 7 heteroatoms. The predicted molar refractivity (Wildman–Crippen MR) is 94.4 cm³/mol. The van der Waals surface area contributed by atoms with Crippen molar-refractivity contribution in [3.05, 3.63) is 23.8 Å². The number of ether oxygens (including phenoxy) is 1. The van der Waals surface area contributed by atoms with Gasteiger partial charge in [0.25, 0.3) is 0 Å². The van der Waals surface area contributed by atoms with Crippen LogP contribution in [0.25, 0.3) is 0 Å². The van der Waals surface area contributed by atoms with Crippen molar-refractivity contribution in [2.75, 3.05) is 58.1 Å². The van der Waals surface area contributed by atoms with Crippen molar-refractivity contribution in [3.8, 4) is 0 Å². The number of methoxy groups -OCH3 is 1. The second kappa shape index (κ2) is 8.65. The second-order valence-corrected chi connectivity index (χ2v) is 6.13. The van der Waals surface area contributed by atoms with E-state index in [2.05, 4.69) is 10.6 Å². The maximum Gasteiger partial charge on any atom is 0.321 e. The largest absolute Gasteiger partial charge is 0.383 e. The molecule has 24 heavy (non-hydrogen) atoms. The van der Waals surface area contributed by atoms with Crippen LogP contribution in [-0.4, -0.2) is 69.2 Å². The van der Waals surface area contributed by atoms with Crippen LogP contribution in [0.3, 0.4) is 0 Å². The van der Waals surface area contributed by atoms with Gasteiger partial charge in [-0.15, -0.1) is 0 Å². The smallest absolute Gasteiger partial charge is 0.321 e. The first-order valence-corrected chi connectivity index (χ1v) is 8.12. The van der Waals surface area contributed by atoms with Crippen LogP contribution in [0.5, 0.6) is 0 Å². The van der Waals surface area contributed by atoms with Crippen LogP contribution in [-0.2, 0) is 16.0 Å². The van der Waals surface area contributed by atoms with E-state index < -0.39 is 0 Å². The number of hydrogen-bond donors (Lipinski definition) is 2. The molecule has 1 heterocycles. The molecule has 2 N–H and O–H groups in total. The molecular formula is C17H26N4O3. The van der Waals surface area contributed by atoms with E-state index >= 15 is 0 Å². The fourth-order valence-corrected chi connectivity index (χ4v) is 2.50. The Hall–Kier alpha value is -2.12. The lowest BCUT2D eigenvalue weighted by Crippen LogP contribution is -2.41. The summed E-state index contributed by atoms with van der Waals surface area (Å²) in [5.74, 6) is 0.0358. The van der Waals surface area contributed by atoms with E-state index in [1.54, 1.807) is 12.0 Å². The molecule has 1 aromatic rings. The summed E-state index contributed by atoms with van der Waals surface area (Å²) in [6, 6.07) is 5.42. The Kier molecular flexibility index (Phi) is 6.57. The van der Waals surface area contributed by atoms with Gasteiger partial charge in [0.05, 0.1) is 6.61 Å². The fraction of sp³-hybridized carbons (Fsp3) is 0.529. The molecule has 0 radical (unpaired) electrons. The van der Waals surface area contributed by atoms with Crippen LogP contribution in [0.1, 0.15) is 12.0 Å². The monoisotopic (exact) mass is 334 g/mol. The second-order valence-electron chi connectivity index (χ2n) is 6.13. The number of likely N-dealkylation sites (N-methyl/N-ethyl adjacent to an activating group) is 1. The summed E-state index contributed by atoms with van der Waals surface area (Å²) in [4.78, 5) is 27.7. The van der Waals surface area contributed by atoms with E-state index in [9.17, 15) is 9.59 Å². The van der Waals surface area contributed by atoms with Gasteiger partial charge in [0.15, 0.2) is 0 Å². The van der Waals surface area contributed by atoms with Gasteiger partial charge in [0.2, 0.25) is 5.91 Å². The Balaban J connectivity index is 2.01. The lowest BCUT2D eigenvalue weighted by atomic mass is 10.0. The topological polar surface area (TPSA) is 73.9 Å². The number of carbonyl (C=O) groups is 2. The van der Waals surface area contributed by atoms with Crippen LogP contribution in [0, 0.1) is 0 Å². The number of aryl methyl sites for hydroxylation is 1. The zero-order valence-electron chi connectivity index (χ0n) is 14.6. The molecule has 0 aliphatic carbocycles. The summed E-state index contributed by atoms with van der Waals surface area (Å²) < 4.78 is 5.09. The number of rotatable bonds is 7. The molecule has 1 aliphatic heterocycles. The van der Waals surface area contributed by atoms with Gasteiger partial charge in [-0.2, -0.15) is 0 Å². The first kappa shape index (κ1) is 18.2. The third-order valence-corrected chi connectivity index (χ3v) is 3.92. The Labute approximate surface area is 142 Å². The van der Waals surface area contributed by atoms with Gasteiger partial charge in [0.1, 0.15) is 0 Å². The van der Waals surface area contributed by atoms with E-state index in [1.165, 1.54) is 0 Å². The Bertz CT molecular complexity index is 589. The standard InChI is InChI=1S/C17H26N4O3/c1-20(2)8-9-21(10-11-24-3)17(23)18-14-5-6-15-13(12-14)4-7-16(22)19-15/h5-6,12H,4,7-11H2,1-3H3,(H,18,23)(H,19,22). The van der Waals surface area contributed by atoms with Gasteiger partial charge in [-0.3, -0.25) is 4.79 Å². The maximum absolute atomic E-state index is 12.5. The van der Waals surface area contributed by atoms with Gasteiger partial charge in [-0.1, -0.05) is 0 Å². The molecule has 0 aromatic heterocycles. The number of fused-ring (bicyclic) bond motifs is 1. The number of benzene rings is 1. The molecule has 0 atom stereocenters. The van der Waals surface area contributed by atoms with Crippen molar-refractivity contribution in [1.82, 2.24) is 9.80 Å². The van der Waals surface area contributed by atoms with Crippen LogP contribution in [0.4, 0.5) is 16.2 Å². The summed E-state index contributed by atoms with van der Waals surface area (Å²) in [6.07, 6.45) is 1.17. The van der Waals surface area contributed by atoms with Crippen molar-refractivity contribution >= 4 is 23.3 Å². The maximum atomic E-state index is 12.5. The number of urea groups is 1. The summed E-state index contributed by atoms with van der Waals surface area (Å²) in [5.41, 5.74) is 2.61. The minimum Gasteiger partial charge on any atom is -0.383 e. The van der Waals surface area contributed by atoms with Gasteiger partial charge >= 0.3 is 6.03 Å². The van der Waals surface area contributed by atoms with E-state index in [0.29, 0.717) is 32.5 Å². The molecule has 0 unspecified atom stereocenters. The van der Waals surface area contributed by atoms with Crippen LogP contribution < -0.4 is 10.6 Å². The zero-order valence-corrected chi connectivity index (χ0v) is 14.6. The van der Waals surface area contributed by atoms with E-state index in [1.807, 2.05) is 37.2 Å². The van der Waals surface area contributed by atoms with Crippen molar-refractivity contribution in [1.29, 1.82) is 0 Å². The highest BCUT2D eigenvalue weighted by Crippen LogP contribution is 2.25. The first-order chi connectivity index (χ1) is 11.5. The first-order valence-electron chi connectivity index (χ1n) is 8.12. The molecule has 0 fully saturated rings. The number of carbonyl (C=O) groups excluding carboxylic acids is 2. The molecule has 2 rings (SSSR count). The number of nitrogens with one attached hydrogen (secondary N) is 2. The predicted octanol–water partition coefficient (Wildman–Crippen LogP) is 1.61. The molecule has 1 aromatic carbocycles. The zero-order chi connectivity index (χ0) is 17.5. The SMILES string of the molecule is COCCN(CCN(C)C)C(=O)Nc1ccc2c(c1)CCC(=O)N2. The molecule has 1 aliphatic rings. The average molecular weight is 334 g/mol. The lowest BCUT2D eigenvalue weighted by Gasteiger charge is -2.25. The van der Waals surface area contributed by atoms with Crippen LogP contribution in [0.15, 0.2) is 18.2 Å². The lowest BCUT2D eigenvalue weighted by molar-refractivity contribution is -0.116. The minimum absolute atomic E-state index is 0.0358. The Morgan fingerprint density at radius 1 is 1.25 bits per heavy atom. The van der Waals surface area contributed by atoms with Gasteiger partial charge in [-0.05, 0) is 44.3 Å². The van der Waals surface area contributed by atoms with Gasteiger partial charge in [-0.25, -0.2) is 4.79 Å². The van der Waals surface area contributed by atoms with Gasteiger partial charge in [0, 0.05) is 44.5 Å². The van der Waals surface area contributed by atoms with Crippen LogP contribution >= 0.6 is 0 Å².